The molecule has 0 amide bonds. The second-order valence-electron chi connectivity index (χ2n) is 2.49. The summed E-state index contributed by atoms with van der Waals surface area (Å²) in [4.78, 5) is 0. The van der Waals surface area contributed by atoms with Gasteiger partial charge < -0.3 is 0 Å². The number of nitrogens with one attached hydrogen (secondary N) is 1. The van der Waals surface area contributed by atoms with Crippen molar-refractivity contribution in [1.29, 1.82) is 0 Å². The fourth-order valence-electron chi connectivity index (χ4n) is 0.608. The third kappa shape index (κ3) is 3.85. The molecule has 0 spiro atoms. The van der Waals surface area contributed by atoms with Gasteiger partial charge in [-0.15, -0.1) is 0 Å². The number of hydrogen-bond acceptors (Lipinski definition) is 3. The van der Waals surface area contributed by atoms with Gasteiger partial charge in [0.05, 0.1) is 7.11 Å². The van der Waals surface area contributed by atoms with Crippen molar-refractivity contribution in [3.05, 3.63) is 11.6 Å². The van der Waals surface area contributed by atoms with Crippen LogP contribution in [-0.4, -0.2) is 21.6 Å². The molecule has 12 heavy (non-hydrogen) atoms. The molecule has 0 heterocycles. The molecule has 0 aliphatic heterocycles. The summed E-state index contributed by atoms with van der Waals surface area (Å²) in [5, 5.41) is 0. The van der Waals surface area contributed by atoms with Crippen molar-refractivity contribution in [1.82, 2.24) is 4.72 Å². The van der Waals surface area contributed by atoms with Crippen LogP contribution in [0.2, 0.25) is 0 Å². The van der Waals surface area contributed by atoms with Crippen LogP contribution in [-0.2, 0) is 14.5 Å². The highest BCUT2D eigenvalue weighted by Gasteiger charge is 2.13. The Morgan fingerprint density at radius 2 is 2.08 bits per heavy atom. The zero-order valence-electron chi connectivity index (χ0n) is 7.79. The SMILES string of the molecule is C/C=C(\C)C(C)NS(=O)(=O)OC. The third-order valence-electron chi connectivity index (χ3n) is 1.68. The van der Waals surface area contributed by atoms with Gasteiger partial charge in [0, 0.05) is 6.04 Å². The Hall–Kier alpha value is -0.390. The molecule has 0 saturated carbocycles. The Balaban J connectivity index is 4.29. The summed E-state index contributed by atoms with van der Waals surface area (Å²) < 4.78 is 28.3. The van der Waals surface area contributed by atoms with E-state index in [0.717, 1.165) is 12.7 Å². The van der Waals surface area contributed by atoms with E-state index >= 15 is 0 Å². The summed E-state index contributed by atoms with van der Waals surface area (Å²) in [5.74, 6) is 0. The first-order valence-electron chi connectivity index (χ1n) is 3.63. The topological polar surface area (TPSA) is 55.4 Å². The van der Waals surface area contributed by atoms with E-state index in [4.69, 9.17) is 0 Å². The highest BCUT2D eigenvalue weighted by Crippen LogP contribution is 2.01. The maximum Gasteiger partial charge on any atom is 0.336 e. The molecule has 5 heteroatoms. The Morgan fingerprint density at radius 1 is 1.58 bits per heavy atom. The monoisotopic (exact) mass is 193 g/mol. The molecular formula is C7H15NO3S. The molecule has 1 N–H and O–H groups in total. The van der Waals surface area contributed by atoms with E-state index in [1.807, 2.05) is 19.9 Å². The Bertz CT molecular complexity index is 256. The first-order chi connectivity index (χ1) is 5.43. The molecule has 0 aromatic heterocycles. The molecular weight excluding hydrogens is 178 g/mol. The van der Waals surface area contributed by atoms with Gasteiger partial charge in [-0.2, -0.15) is 13.1 Å². The predicted molar refractivity (Wildman–Crippen MR) is 48.0 cm³/mol. The fourth-order valence-corrected chi connectivity index (χ4v) is 1.32. The minimum absolute atomic E-state index is 0.222. The lowest BCUT2D eigenvalue weighted by molar-refractivity contribution is 0.383. The molecule has 1 atom stereocenters. The number of rotatable bonds is 4. The molecule has 0 fully saturated rings. The van der Waals surface area contributed by atoms with Crippen LogP contribution >= 0.6 is 0 Å². The molecule has 0 bridgehead atoms. The second kappa shape index (κ2) is 4.59. The fraction of sp³-hybridized carbons (Fsp3) is 0.714. The molecule has 0 aromatic rings. The quantitative estimate of drug-likeness (QED) is 0.672. The molecule has 0 aromatic carbocycles. The van der Waals surface area contributed by atoms with Gasteiger partial charge in [-0.05, 0) is 20.8 Å². The number of allylic oxidation sites excluding steroid dienone is 1. The summed E-state index contributed by atoms with van der Waals surface area (Å²) >= 11 is 0. The van der Waals surface area contributed by atoms with Crippen LogP contribution in [0.25, 0.3) is 0 Å². The minimum atomic E-state index is -3.56. The van der Waals surface area contributed by atoms with Gasteiger partial charge in [0.1, 0.15) is 0 Å². The van der Waals surface area contributed by atoms with Crippen molar-refractivity contribution < 1.29 is 12.6 Å². The molecule has 0 aliphatic rings. The van der Waals surface area contributed by atoms with Crippen LogP contribution in [0.4, 0.5) is 0 Å². The van der Waals surface area contributed by atoms with Gasteiger partial charge >= 0.3 is 10.3 Å². The normalized spacial score (nSPS) is 16.2. The molecule has 0 saturated heterocycles. The van der Waals surface area contributed by atoms with Crippen molar-refractivity contribution in [3.63, 3.8) is 0 Å². The molecule has 72 valence electrons. The lowest BCUT2D eigenvalue weighted by Gasteiger charge is -2.12. The van der Waals surface area contributed by atoms with Gasteiger partial charge in [0.2, 0.25) is 0 Å². The summed E-state index contributed by atoms with van der Waals surface area (Å²) in [7, 11) is -2.44. The van der Waals surface area contributed by atoms with Crippen LogP contribution in [0.3, 0.4) is 0 Å². The standard InChI is InChI=1S/C7H15NO3S/c1-5-6(2)7(3)8-12(9,10)11-4/h5,7-8H,1-4H3/b6-5+. The second-order valence-corrected chi connectivity index (χ2v) is 3.97. The van der Waals surface area contributed by atoms with Gasteiger partial charge in [-0.25, -0.2) is 0 Å². The minimum Gasteiger partial charge on any atom is -0.261 e. The highest BCUT2D eigenvalue weighted by atomic mass is 32.2. The lowest BCUT2D eigenvalue weighted by Crippen LogP contribution is -2.33. The Kier molecular flexibility index (Phi) is 4.44. The van der Waals surface area contributed by atoms with E-state index in [1.165, 1.54) is 0 Å². The molecule has 4 nitrogen and oxygen atoms in total. The molecule has 0 aliphatic carbocycles. The number of hydrogen-bond donors (Lipinski definition) is 1. The maximum atomic E-state index is 10.9. The highest BCUT2D eigenvalue weighted by molar-refractivity contribution is 7.84. The zero-order valence-corrected chi connectivity index (χ0v) is 8.60. The largest absolute Gasteiger partial charge is 0.336 e. The van der Waals surface area contributed by atoms with Crippen LogP contribution < -0.4 is 4.72 Å². The molecule has 1 unspecified atom stereocenters. The Labute approximate surface area is 73.9 Å². The Morgan fingerprint density at radius 3 is 2.42 bits per heavy atom. The smallest absolute Gasteiger partial charge is 0.261 e. The first-order valence-corrected chi connectivity index (χ1v) is 5.04. The van der Waals surface area contributed by atoms with E-state index in [-0.39, 0.29) is 6.04 Å². The van der Waals surface area contributed by atoms with E-state index in [2.05, 4.69) is 8.91 Å². The maximum absolute atomic E-state index is 10.9. The van der Waals surface area contributed by atoms with Crippen molar-refractivity contribution >= 4 is 10.3 Å². The van der Waals surface area contributed by atoms with Crippen molar-refractivity contribution in [2.24, 2.45) is 0 Å². The summed E-state index contributed by atoms with van der Waals surface area (Å²) in [6.45, 7) is 5.46. The average molecular weight is 193 g/mol. The van der Waals surface area contributed by atoms with Crippen LogP contribution in [0, 0.1) is 0 Å². The third-order valence-corrected chi connectivity index (χ3v) is 2.76. The van der Waals surface area contributed by atoms with Crippen LogP contribution in [0.1, 0.15) is 20.8 Å². The van der Waals surface area contributed by atoms with Gasteiger partial charge in [-0.3, -0.25) is 4.18 Å². The predicted octanol–water partition coefficient (Wildman–Crippen LogP) is 0.822. The summed E-state index contributed by atoms with van der Waals surface area (Å²) in [5.41, 5.74) is 0.954. The first kappa shape index (κ1) is 11.6. The van der Waals surface area contributed by atoms with E-state index in [1.54, 1.807) is 6.92 Å². The van der Waals surface area contributed by atoms with E-state index in [0.29, 0.717) is 0 Å². The van der Waals surface area contributed by atoms with Crippen LogP contribution in [0.5, 0.6) is 0 Å². The van der Waals surface area contributed by atoms with Crippen molar-refractivity contribution in [2.45, 2.75) is 26.8 Å². The van der Waals surface area contributed by atoms with Gasteiger partial charge in [0.15, 0.2) is 0 Å². The van der Waals surface area contributed by atoms with Crippen molar-refractivity contribution in [3.8, 4) is 0 Å². The van der Waals surface area contributed by atoms with Gasteiger partial charge in [0.25, 0.3) is 0 Å². The molecule has 0 radical (unpaired) electrons. The zero-order chi connectivity index (χ0) is 9.78. The van der Waals surface area contributed by atoms with E-state index < -0.39 is 10.3 Å². The summed E-state index contributed by atoms with van der Waals surface area (Å²) in [6.07, 6.45) is 1.85. The lowest BCUT2D eigenvalue weighted by atomic mass is 10.2. The average Bonchev–Trinajstić information content (AvgIpc) is 2.02. The molecule has 0 rings (SSSR count). The van der Waals surface area contributed by atoms with E-state index in [9.17, 15) is 8.42 Å². The summed E-state index contributed by atoms with van der Waals surface area (Å²) in [6, 6.07) is -0.222. The van der Waals surface area contributed by atoms with Gasteiger partial charge in [-0.1, -0.05) is 11.6 Å². The van der Waals surface area contributed by atoms with Crippen LogP contribution in [0.15, 0.2) is 11.6 Å². The van der Waals surface area contributed by atoms with Crippen molar-refractivity contribution in [2.75, 3.05) is 7.11 Å².